The van der Waals surface area contributed by atoms with Gasteiger partial charge in [0.2, 0.25) is 0 Å². The lowest BCUT2D eigenvalue weighted by atomic mass is 10.2. The van der Waals surface area contributed by atoms with E-state index in [-0.39, 0.29) is 22.9 Å². The van der Waals surface area contributed by atoms with Crippen LogP contribution in [0.15, 0.2) is 48.5 Å². The van der Waals surface area contributed by atoms with Gasteiger partial charge in [0.05, 0.1) is 16.6 Å². The van der Waals surface area contributed by atoms with Crippen LogP contribution >= 0.6 is 12.2 Å². The molecule has 2 aromatic rings. The topological polar surface area (TPSA) is 93.5 Å². The summed E-state index contributed by atoms with van der Waals surface area (Å²) < 4.78 is 5.11. The minimum atomic E-state index is -0.476. The van der Waals surface area contributed by atoms with Gasteiger partial charge in [0.25, 0.3) is 5.69 Å². The van der Waals surface area contributed by atoms with E-state index in [2.05, 4.69) is 10.6 Å². The predicted octanol–water partition coefficient (Wildman–Crippen LogP) is 3.97. The number of rotatable bonds is 5. The van der Waals surface area contributed by atoms with Crippen molar-refractivity contribution in [3.8, 4) is 0 Å². The van der Waals surface area contributed by atoms with E-state index in [1.165, 1.54) is 12.1 Å². The maximum absolute atomic E-state index is 11.8. The van der Waals surface area contributed by atoms with E-state index in [1.807, 2.05) is 0 Å². The summed E-state index contributed by atoms with van der Waals surface area (Å²) >= 11 is 5.18. The van der Waals surface area contributed by atoms with Crippen LogP contribution in [-0.2, 0) is 4.74 Å². The molecule has 0 aromatic heterocycles. The number of anilines is 2. The second kappa shape index (κ2) is 8.20. The fourth-order valence-electron chi connectivity index (χ4n) is 1.96. The number of non-ortho nitro benzene ring substituents is 1. The zero-order valence-corrected chi connectivity index (χ0v) is 14.5. The highest BCUT2D eigenvalue weighted by Gasteiger charge is 2.10. The Hall–Kier alpha value is -3.00. The Bertz CT molecular complexity index is 791. The van der Waals surface area contributed by atoms with Crippen LogP contribution in [0.25, 0.3) is 0 Å². The van der Waals surface area contributed by atoms with Crippen LogP contribution in [0.3, 0.4) is 0 Å². The monoisotopic (exact) mass is 359 g/mol. The fourth-order valence-corrected chi connectivity index (χ4v) is 2.20. The Morgan fingerprint density at radius 3 is 2.36 bits per heavy atom. The van der Waals surface area contributed by atoms with Crippen LogP contribution in [-0.4, -0.2) is 22.1 Å². The molecule has 0 atom stereocenters. The molecular weight excluding hydrogens is 342 g/mol. The Morgan fingerprint density at radius 2 is 1.76 bits per heavy atom. The van der Waals surface area contributed by atoms with Crippen LogP contribution in [0.2, 0.25) is 0 Å². The average Bonchev–Trinajstić information content (AvgIpc) is 2.55. The largest absolute Gasteiger partial charge is 0.459 e. The standard InChI is InChI=1S/C17H17N3O4S/c1-11(2)24-16(21)12-6-8-13(9-7-12)18-17(25)19-14-4-3-5-15(10-14)20(22)23/h3-11H,1-2H3,(H2,18,19,25). The molecule has 2 aromatic carbocycles. The van der Waals surface area contributed by atoms with Crippen LogP contribution in [0, 0.1) is 10.1 Å². The van der Waals surface area contributed by atoms with Gasteiger partial charge in [-0.2, -0.15) is 0 Å². The smallest absolute Gasteiger partial charge is 0.338 e. The van der Waals surface area contributed by atoms with E-state index in [1.54, 1.807) is 50.2 Å². The summed E-state index contributed by atoms with van der Waals surface area (Å²) in [7, 11) is 0. The highest BCUT2D eigenvalue weighted by atomic mass is 32.1. The molecule has 0 unspecified atom stereocenters. The number of benzene rings is 2. The highest BCUT2D eigenvalue weighted by Crippen LogP contribution is 2.18. The van der Waals surface area contributed by atoms with Crippen LogP contribution < -0.4 is 10.6 Å². The van der Waals surface area contributed by atoms with Crippen molar-refractivity contribution in [1.82, 2.24) is 0 Å². The van der Waals surface area contributed by atoms with E-state index < -0.39 is 4.92 Å². The number of hydrogen-bond acceptors (Lipinski definition) is 5. The number of carbonyl (C=O) groups excluding carboxylic acids is 1. The van der Waals surface area contributed by atoms with Gasteiger partial charge in [0.15, 0.2) is 5.11 Å². The number of hydrogen-bond donors (Lipinski definition) is 2. The van der Waals surface area contributed by atoms with Gasteiger partial charge in [-0.15, -0.1) is 0 Å². The SMILES string of the molecule is CC(C)OC(=O)c1ccc(NC(=S)Nc2cccc([N+](=O)[O-])c2)cc1. The lowest BCUT2D eigenvalue weighted by molar-refractivity contribution is -0.384. The average molecular weight is 359 g/mol. The molecule has 2 rings (SSSR count). The lowest BCUT2D eigenvalue weighted by Crippen LogP contribution is -2.19. The molecule has 0 aliphatic heterocycles. The van der Waals surface area contributed by atoms with Crippen molar-refractivity contribution in [2.75, 3.05) is 10.6 Å². The van der Waals surface area contributed by atoms with E-state index in [9.17, 15) is 14.9 Å². The number of nitro groups is 1. The highest BCUT2D eigenvalue weighted by molar-refractivity contribution is 7.80. The summed E-state index contributed by atoms with van der Waals surface area (Å²) in [5.74, 6) is -0.390. The molecule has 8 heteroatoms. The minimum absolute atomic E-state index is 0.0270. The third-order valence-electron chi connectivity index (χ3n) is 3.04. The molecule has 0 fully saturated rings. The number of nitrogens with one attached hydrogen (secondary N) is 2. The summed E-state index contributed by atoms with van der Waals surface area (Å²) in [4.78, 5) is 22.1. The number of esters is 1. The van der Waals surface area contributed by atoms with Crippen LogP contribution in [0.4, 0.5) is 17.1 Å². The molecule has 0 heterocycles. The minimum Gasteiger partial charge on any atom is -0.459 e. The Morgan fingerprint density at radius 1 is 1.12 bits per heavy atom. The van der Waals surface area contributed by atoms with Crippen molar-refractivity contribution >= 4 is 40.4 Å². The molecule has 0 spiro atoms. The summed E-state index contributed by atoms with van der Waals surface area (Å²) in [6, 6.07) is 12.7. The van der Waals surface area contributed by atoms with E-state index in [4.69, 9.17) is 17.0 Å². The first kappa shape index (κ1) is 18.3. The number of nitro benzene ring substituents is 1. The van der Waals surface area contributed by atoms with E-state index in [0.717, 1.165) is 0 Å². The zero-order chi connectivity index (χ0) is 18.4. The van der Waals surface area contributed by atoms with Crippen LogP contribution in [0.5, 0.6) is 0 Å². The second-order valence-electron chi connectivity index (χ2n) is 5.42. The number of thiocarbonyl (C=S) groups is 1. The summed E-state index contributed by atoms with van der Waals surface area (Å²) in [5.41, 5.74) is 1.59. The lowest BCUT2D eigenvalue weighted by Gasteiger charge is -2.11. The van der Waals surface area contributed by atoms with Gasteiger partial charge >= 0.3 is 5.97 Å². The molecule has 0 radical (unpaired) electrons. The first-order valence-corrected chi connectivity index (χ1v) is 7.89. The normalized spacial score (nSPS) is 10.2. The number of ether oxygens (including phenoxy) is 1. The molecule has 130 valence electrons. The first-order chi connectivity index (χ1) is 11.8. The summed E-state index contributed by atoms with van der Waals surface area (Å²) in [5, 5.41) is 16.9. The Balaban J connectivity index is 1.97. The van der Waals surface area contributed by atoms with Crippen molar-refractivity contribution in [2.45, 2.75) is 20.0 Å². The van der Waals surface area contributed by atoms with Crippen molar-refractivity contribution in [2.24, 2.45) is 0 Å². The molecule has 0 saturated heterocycles. The first-order valence-electron chi connectivity index (χ1n) is 7.48. The maximum atomic E-state index is 11.8. The Labute approximate surface area is 150 Å². The van der Waals surface area contributed by atoms with Crippen molar-refractivity contribution in [3.63, 3.8) is 0 Å². The summed E-state index contributed by atoms with van der Waals surface area (Å²) in [6.07, 6.45) is -0.183. The van der Waals surface area contributed by atoms with Gasteiger partial charge in [-0.1, -0.05) is 6.07 Å². The molecule has 0 bridgehead atoms. The van der Waals surface area contributed by atoms with Crippen LogP contribution in [0.1, 0.15) is 24.2 Å². The second-order valence-corrected chi connectivity index (χ2v) is 5.83. The number of nitrogens with zero attached hydrogens (tertiary/aromatic N) is 1. The molecular formula is C17H17N3O4S. The molecule has 2 N–H and O–H groups in total. The molecule has 0 aliphatic rings. The molecule has 0 amide bonds. The fraction of sp³-hybridized carbons (Fsp3) is 0.176. The maximum Gasteiger partial charge on any atom is 0.338 e. The van der Waals surface area contributed by atoms with Gasteiger partial charge in [-0.25, -0.2) is 4.79 Å². The van der Waals surface area contributed by atoms with E-state index in [0.29, 0.717) is 16.9 Å². The molecule has 7 nitrogen and oxygen atoms in total. The van der Waals surface area contributed by atoms with E-state index >= 15 is 0 Å². The quantitative estimate of drug-likeness (QED) is 0.361. The van der Waals surface area contributed by atoms with Crippen molar-refractivity contribution < 1.29 is 14.5 Å². The molecule has 25 heavy (non-hydrogen) atoms. The van der Waals surface area contributed by atoms with Crippen molar-refractivity contribution in [3.05, 3.63) is 64.2 Å². The zero-order valence-electron chi connectivity index (χ0n) is 13.7. The molecule has 0 aliphatic carbocycles. The predicted molar refractivity (Wildman–Crippen MR) is 99.9 cm³/mol. The Kier molecular flexibility index (Phi) is 6.02. The van der Waals surface area contributed by atoms with Gasteiger partial charge in [-0.3, -0.25) is 10.1 Å². The molecule has 0 saturated carbocycles. The van der Waals surface area contributed by atoms with Crippen molar-refractivity contribution in [1.29, 1.82) is 0 Å². The summed E-state index contributed by atoms with van der Waals surface area (Å²) in [6.45, 7) is 3.57. The van der Waals surface area contributed by atoms with Gasteiger partial charge < -0.3 is 15.4 Å². The third kappa shape index (κ3) is 5.54. The number of carbonyl (C=O) groups is 1. The van der Waals surface area contributed by atoms with Gasteiger partial charge in [0.1, 0.15) is 0 Å². The third-order valence-corrected chi connectivity index (χ3v) is 3.24. The van der Waals surface area contributed by atoms with Gasteiger partial charge in [0, 0.05) is 23.5 Å². The van der Waals surface area contributed by atoms with Gasteiger partial charge in [-0.05, 0) is 56.4 Å².